The third-order valence-corrected chi connectivity index (χ3v) is 3.17. The number of aryl methyl sites for hydroxylation is 2. The van der Waals surface area contributed by atoms with Crippen LogP contribution in [0.4, 0.5) is 0 Å². The quantitative estimate of drug-likeness (QED) is 0.793. The number of H-pyrrole nitrogens is 1. The Morgan fingerprint density at radius 1 is 1.30 bits per heavy atom. The molecule has 0 spiro atoms. The number of pyridine rings is 1. The van der Waals surface area contributed by atoms with Gasteiger partial charge >= 0.3 is 0 Å². The third-order valence-electron chi connectivity index (χ3n) is 3.17. The molecule has 0 fully saturated rings. The molecule has 2 aromatic heterocycles. The van der Waals surface area contributed by atoms with Gasteiger partial charge in [0.05, 0.1) is 5.56 Å². The van der Waals surface area contributed by atoms with E-state index in [9.17, 15) is 4.79 Å². The lowest BCUT2D eigenvalue weighted by molar-refractivity contribution is 0.378. The smallest absolute Gasteiger partial charge is 0.259 e. The monoisotopic (exact) mass is 269 g/mol. The Morgan fingerprint density at radius 2 is 2.15 bits per heavy atom. The fourth-order valence-electron chi connectivity index (χ4n) is 2.16. The Morgan fingerprint density at radius 3 is 2.95 bits per heavy atom. The molecule has 0 saturated heterocycles. The van der Waals surface area contributed by atoms with Gasteiger partial charge in [-0.3, -0.25) is 4.79 Å². The SMILES string of the molecule is CCCc1nc(-c2cc3ccc(C)cc3[nH]c2=O)no1. The van der Waals surface area contributed by atoms with Crippen LogP contribution < -0.4 is 5.56 Å². The summed E-state index contributed by atoms with van der Waals surface area (Å²) in [6, 6.07) is 7.72. The van der Waals surface area contributed by atoms with Crippen molar-refractivity contribution in [2.45, 2.75) is 26.7 Å². The topological polar surface area (TPSA) is 71.8 Å². The van der Waals surface area contributed by atoms with Crippen molar-refractivity contribution >= 4 is 10.9 Å². The molecule has 3 aromatic rings. The molecule has 1 aromatic carbocycles. The van der Waals surface area contributed by atoms with Crippen molar-refractivity contribution in [3.05, 3.63) is 46.1 Å². The maximum Gasteiger partial charge on any atom is 0.259 e. The molecule has 0 bridgehead atoms. The highest BCUT2D eigenvalue weighted by atomic mass is 16.5. The molecule has 0 atom stereocenters. The van der Waals surface area contributed by atoms with E-state index in [1.807, 2.05) is 32.0 Å². The Balaban J connectivity index is 2.12. The zero-order chi connectivity index (χ0) is 14.1. The molecule has 1 N–H and O–H groups in total. The number of aromatic amines is 1. The summed E-state index contributed by atoms with van der Waals surface area (Å²) in [4.78, 5) is 19.3. The van der Waals surface area contributed by atoms with E-state index in [2.05, 4.69) is 15.1 Å². The van der Waals surface area contributed by atoms with Gasteiger partial charge in [-0.15, -0.1) is 0 Å². The summed E-state index contributed by atoms with van der Waals surface area (Å²) in [7, 11) is 0. The van der Waals surface area contributed by atoms with Crippen LogP contribution in [0.3, 0.4) is 0 Å². The maximum atomic E-state index is 12.1. The van der Waals surface area contributed by atoms with Crippen LogP contribution in [0, 0.1) is 6.92 Å². The second-order valence-electron chi connectivity index (χ2n) is 4.86. The Kier molecular flexibility index (Phi) is 3.10. The van der Waals surface area contributed by atoms with Crippen molar-refractivity contribution in [2.75, 3.05) is 0 Å². The van der Waals surface area contributed by atoms with Crippen LogP contribution in [0.2, 0.25) is 0 Å². The van der Waals surface area contributed by atoms with Crippen molar-refractivity contribution in [2.24, 2.45) is 0 Å². The fourth-order valence-corrected chi connectivity index (χ4v) is 2.16. The van der Waals surface area contributed by atoms with Crippen molar-refractivity contribution in [3.63, 3.8) is 0 Å². The molecule has 5 nitrogen and oxygen atoms in total. The van der Waals surface area contributed by atoms with E-state index in [0.29, 0.717) is 17.3 Å². The second-order valence-corrected chi connectivity index (χ2v) is 4.86. The first-order valence-corrected chi connectivity index (χ1v) is 6.64. The predicted octanol–water partition coefficient (Wildman–Crippen LogP) is 2.84. The highest BCUT2D eigenvalue weighted by molar-refractivity contribution is 5.82. The molecule has 20 heavy (non-hydrogen) atoms. The van der Waals surface area contributed by atoms with Gasteiger partial charge in [-0.1, -0.05) is 24.2 Å². The molecule has 5 heteroatoms. The van der Waals surface area contributed by atoms with Gasteiger partial charge in [0.2, 0.25) is 11.7 Å². The zero-order valence-corrected chi connectivity index (χ0v) is 11.4. The largest absolute Gasteiger partial charge is 0.339 e. The molecule has 0 amide bonds. The second kappa shape index (κ2) is 4.92. The van der Waals surface area contributed by atoms with Crippen LogP contribution in [0.25, 0.3) is 22.3 Å². The van der Waals surface area contributed by atoms with Crippen LogP contribution in [-0.2, 0) is 6.42 Å². The van der Waals surface area contributed by atoms with Gasteiger partial charge in [0, 0.05) is 11.9 Å². The number of hydrogen-bond donors (Lipinski definition) is 1. The van der Waals surface area contributed by atoms with Gasteiger partial charge < -0.3 is 9.51 Å². The average molecular weight is 269 g/mol. The maximum absolute atomic E-state index is 12.1. The van der Waals surface area contributed by atoms with Crippen LogP contribution in [-0.4, -0.2) is 15.1 Å². The lowest BCUT2D eigenvalue weighted by Gasteiger charge is -2.01. The molecule has 0 unspecified atom stereocenters. The van der Waals surface area contributed by atoms with Crippen LogP contribution in [0.1, 0.15) is 24.8 Å². The molecular formula is C15H15N3O2. The van der Waals surface area contributed by atoms with E-state index >= 15 is 0 Å². The number of aromatic nitrogens is 3. The first-order chi connectivity index (χ1) is 9.67. The molecule has 0 radical (unpaired) electrons. The van der Waals surface area contributed by atoms with E-state index in [4.69, 9.17) is 4.52 Å². The molecule has 0 aliphatic carbocycles. The summed E-state index contributed by atoms with van der Waals surface area (Å²) in [6.45, 7) is 4.02. The number of hydrogen-bond acceptors (Lipinski definition) is 4. The number of fused-ring (bicyclic) bond motifs is 1. The molecule has 3 rings (SSSR count). The normalized spacial score (nSPS) is 11.1. The first kappa shape index (κ1) is 12.6. The Labute approximate surface area is 115 Å². The van der Waals surface area contributed by atoms with Gasteiger partial charge in [0.1, 0.15) is 0 Å². The minimum absolute atomic E-state index is 0.202. The van der Waals surface area contributed by atoms with Crippen molar-refractivity contribution in [1.29, 1.82) is 0 Å². The molecule has 0 aliphatic heterocycles. The summed E-state index contributed by atoms with van der Waals surface area (Å²) in [5, 5.41) is 4.84. The molecule has 0 aliphatic rings. The summed E-state index contributed by atoms with van der Waals surface area (Å²) in [5.74, 6) is 0.906. The standard InChI is InChI=1S/C15H15N3O2/c1-3-4-13-17-14(18-20-13)11-8-10-6-5-9(2)7-12(10)16-15(11)19/h5-8H,3-4H2,1-2H3,(H,16,19). The summed E-state index contributed by atoms with van der Waals surface area (Å²) in [5.41, 5.74) is 2.15. The minimum atomic E-state index is -0.202. The number of benzene rings is 1. The number of rotatable bonds is 3. The van der Waals surface area contributed by atoms with Gasteiger partial charge in [0.15, 0.2) is 0 Å². The first-order valence-electron chi connectivity index (χ1n) is 6.64. The molecular weight excluding hydrogens is 254 g/mol. The van der Waals surface area contributed by atoms with Crippen LogP contribution in [0.5, 0.6) is 0 Å². The fraction of sp³-hybridized carbons (Fsp3) is 0.267. The Hall–Kier alpha value is -2.43. The summed E-state index contributed by atoms with van der Waals surface area (Å²) < 4.78 is 5.13. The van der Waals surface area contributed by atoms with Gasteiger partial charge in [0.25, 0.3) is 5.56 Å². The van der Waals surface area contributed by atoms with Crippen molar-refractivity contribution in [1.82, 2.24) is 15.1 Å². The number of nitrogens with zero attached hydrogens (tertiary/aromatic N) is 2. The average Bonchev–Trinajstić information content (AvgIpc) is 2.86. The van der Waals surface area contributed by atoms with E-state index in [1.165, 1.54) is 0 Å². The molecule has 0 saturated carbocycles. The highest BCUT2D eigenvalue weighted by Crippen LogP contribution is 2.18. The van der Waals surface area contributed by atoms with E-state index < -0.39 is 0 Å². The van der Waals surface area contributed by atoms with E-state index in [0.717, 1.165) is 29.3 Å². The van der Waals surface area contributed by atoms with Crippen LogP contribution in [0.15, 0.2) is 33.6 Å². The summed E-state index contributed by atoms with van der Waals surface area (Å²) in [6.07, 6.45) is 1.65. The van der Waals surface area contributed by atoms with Gasteiger partial charge in [-0.25, -0.2) is 0 Å². The predicted molar refractivity (Wildman–Crippen MR) is 76.6 cm³/mol. The van der Waals surface area contributed by atoms with E-state index in [1.54, 1.807) is 6.07 Å². The zero-order valence-electron chi connectivity index (χ0n) is 11.4. The van der Waals surface area contributed by atoms with Gasteiger partial charge in [-0.05, 0) is 36.4 Å². The highest BCUT2D eigenvalue weighted by Gasteiger charge is 2.12. The third kappa shape index (κ3) is 2.22. The minimum Gasteiger partial charge on any atom is -0.339 e. The lowest BCUT2D eigenvalue weighted by atomic mass is 10.1. The number of nitrogens with one attached hydrogen (secondary N) is 1. The van der Waals surface area contributed by atoms with Crippen molar-refractivity contribution in [3.8, 4) is 11.4 Å². The lowest BCUT2D eigenvalue weighted by Crippen LogP contribution is -2.09. The van der Waals surface area contributed by atoms with E-state index in [-0.39, 0.29) is 5.56 Å². The molecule has 102 valence electrons. The van der Waals surface area contributed by atoms with Gasteiger partial charge in [-0.2, -0.15) is 4.98 Å². The Bertz CT molecular complexity index is 817. The van der Waals surface area contributed by atoms with Crippen LogP contribution >= 0.6 is 0 Å². The molecule has 2 heterocycles. The van der Waals surface area contributed by atoms with Crippen molar-refractivity contribution < 1.29 is 4.52 Å². The summed E-state index contributed by atoms with van der Waals surface area (Å²) >= 11 is 0.